The summed E-state index contributed by atoms with van der Waals surface area (Å²) in [5.74, 6) is 0.115. The van der Waals surface area contributed by atoms with Crippen molar-refractivity contribution < 1.29 is 4.79 Å². The Kier molecular flexibility index (Phi) is 6.98. The Morgan fingerprint density at radius 3 is 2.78 bits per heavy atom. The molecule has 18 heavy (non-hydrogen) atoms. The molecule has 0 fully saturated rings. The van der Waals surface area contributed by atoms with Gasteiger partial charge in [0.05, 0.1) is 0 Å². The summed E-state index contributed by atoms with van der Waals surface area (Å²) in [4.78, 5) is 11.5. The largest absolute Gasteiger partial charge is 0.354 e. The molecule has 0 spiro atoms. The first kappa shape index (κ1) is 15.2. The highest BCUT2D eigenvalue weighted by Gasteiger charge is 2.04. The monoisotopic (exact) mass is 312 g/mol. The van der Waals surface area contributed by atoms with Gasteiger partial charge in [-0.15, -0.1) is 0 Å². The molecular weight excluding hydrogens is 292 g/mol. The van der Waals surface area contributed by atoms with Crippen LogP contribution >= 0.6 is 15.9 Å². The van der Waals surface area contributed by atoms with E-state index in [0.29, 0.717) is 13.0 Å². The van der Waals surface area contributed by atoms with Crippen LogP contribution in [0.5, 0.6) is 0 Å². The van der Waals surface area contributed by atoms with E-state index in [-0.39, 0.29) is 11.9 Å². The second kappa shape index (κ2) is 8.27. The molecule has 0 saturated heterocycles. The fourth-order valence-corrected chi connectivity index (χ4v) is 1.94. The maximum Gasteiger partial charge on any atom is 0.221 e. The Labute approximate surface area is 117 Å². The summed E-state index contributed by atoms with van der Waals surface area (Å²) < 4.78 is 1.10. The lowest BCUT2D eigenvalue weighted by Crippen LogP contribution is -2.33. The summed E-state index contributed by atoms with van der Waals surface area (Å²) in [6, 6.07) is 8.36. The van der Waals surface area contributed by atoms with Gasteiger partial charge in [0.15, 0.2) is 0 Å². The van der Waals surface area contributed by atoms with Gasteiger partial charge in [-0.3, -0.25) is 4.79 Å². The van der Waals surface area contributed by atoms with Crippen molar-refractivity contribution in [3.63, 3.8) is 0 Å². The van der Waals surface area contributed by atoms with Gasteiger partial charge in [0.25, 0.3) is 0 Å². The Morgan fingerprint density at radius 2 is 2.11 bits per heavy atom. The number of amides is 1. The van der Waals surface area contributed by atoms with Crippen LogP contribution in [0.4, 0.5) is 0 Å². The van der Waals surface area contributed by atoms with Gasteiger partial charge in [-0.05, 0) is 25.0 Å². The standard InChI is InChI=1S/C14H21BrN2O/c1-3-11(2)17-14(18)8-9-16-10-12-6-4-5-7-13(12)15/h4-7,11,16H,3,8-10H2,1-2H3,(H,17,18)/t11-/m0/s1. The van der Waals surface area contributed by atoms with Gasteiger partial charge in [-0.25, -0.2) is 0 Å². The third-order valence-corrected chi connectivity index (χ3v) is 3.60. The highest BCUT2D eigenvalue weighted by molar-refractivity contribution is 9.10. The molecule has 0 bridgehead atoms. The topological polar surface area (TPSA) is 41.1 Å². The molecule has 0 heterocycles. The van der Waals surface area contributed by atoms with E-state index < -0.39 is 0 Å². The highest BCUT2D eigenvalue weighted by atomic mass is 79.9. The van der Waals surface area contributed by atoms with Crippen LogP contribution in [-0.2, 0) is 11.3 Å². The van der Waals surface area contributed by atoms with Gasteiger partial charge in [-0.1, -0.05) is 41.1 Å². The minimum atomic E-state index is 0.115. The van der Waals surface area contributed by atoms with E-state index in [4.69, 9.17) is 0 Å². The van der Waals surface area contributed by atoms with E-state index in [1.54, 1.807) is 0 Å². The van der Waals surface area contributed by atoms with E-state index in [9.17, 15) is 4.79 Å². The van der Waals surface area contributed by atoms with E-state index >= 15 is 0 Å². The van der Waals surface area contributed by atoms with Crippen LogP contribution in [0.3, 0.4) is 0 Å². The van der Waals surface area contributed by atoms with Crippen LogP contribution < -0.4 is 10.6 Å². The second-order valence-electron chi connectivity index (χ2n) is 4.39. The molecule has 0 radical (unpaired) electrons. The SMILES string of the molecule is CC[C@H](C)NC(=O)CCNCc1ccccc1Br. The normalized spacial score (nSPS) is 12.2. The number of hydrogen-bond acceptors (Lipinski definition) is 2. The molecule has 0 unspecified atom stereocenters. The first-order valence-corrected chi connectivity index (χ1v) is 7.16. The molecule has 1 amide bonds. The van der Waals surface area contributed by atoms with Crippen molar-refractivity contribution in [2.75, 3.05) is 6.54 Å². The van der Waals surface area contributed by atoms with E-state index in [1.807, 2.05) is 25.1 Å². The molecule has 1 aromatic carbocycles. The number of halogens is 1. The Balaban J connectivity index is 2.19. The highest BCUT2D eigenvalue weighted by Crippen LogP contribution is 2.15. The molecule has 0 aromatic heterocycles. The lowest BCUT2D eigenvalue weighted by Gasteiger charge is -2.11. The molecule has 1 rings (SSSR count). The van der Waals surface area contributed by atoms with Crippen molar-refractivity contribution >= 4 is 21.8 Å². The zero-order valence-electron chi connectivity index (χ0n) is 11.0. The van der Waals surface area contributed by atoms with Gasteiger partial charge >= 0.3 is 0 Å². The van der Waals surface area contributed by atoms with Crippen molar-refractivity contribution in [2.24, 2.45) is 0 Å². The smallest absolute Gasteiger partial charge is 0.221 e. The Bertz CT molecular complexity index is 382. The van der Waals surface area contributed by atoms with E-state index in [2.05, 4.69) is 39.6 Å². The van der Waals surface area contributed by atoms with Crippen molar-refractivity contribution in [3.05, 3.63) is 34.3 Å². The van der Waals surface area contributed by atoms with Crippen LogP contribution in [-0.4, -0.2) is 18.5 Å². The van der Waals surface area contributed by atoms with Crippen LogP contribution in [0.25, 0.3) is 0 Å². The summed E-state index contributed by atoms with van der Waals surface area (Å²) in [5, 5.41) is 6.23. The average Bonchev–Trinajstić information content (AvgIpc) is 2.36. The molecular formula is C14H21BrN2O. The minimum Gasteiger partial charge on any atom is -0.354 e. The summed E-state index contributed by atoms with van der Waals surface area (Å²) in [5.41, 5.74) is 1.21. The van der Waals surface area contributed by atoms with Crippen molar-refractivity contribution in [2.45, 2.75) is 39.3 Å². The second-order valence-corrected chi connectivity index (χ2v) is 5.25. The number of rotatable bonds is 7. The predicted octanol–water partition coefficient (Wildman–Crippen LogP) is 2.84. The zero-order valence-corrected chi connectivity index (χ0v) is 12.6. The summed E-state index contributed by atoms with van der Waals surface area (Å²) in [7, 11) is 0. The van der Waals surface area contributed by atoms with Crippen LogP contribution in [0.2, 0.25) is 0 Å². The molecule has 100 valence electrons. The molecule has 1 aromatic rings. The molecule has 0 aliphatic carbocycles. The molecule has 0 aliphatic heterocycles. The fourth-order valence-electron chi connectivity index (χ4n) is 1.52. The predicted molar refractivity (Wildman–Crippen MR) is 78.4 cm³/mol. The number of carbonyl (C=O) groups is 1. The lowest BCUT2D eigenvalue weighted by atomic mass is 10.2. The molecule has 2 N–H and O–H groups in total. The first-order valence-electron chi connectivity index (χ1n) is 6.37. The number of hydrogen-bond donors (Lipinski definition) is 2. The minimum absolute atomic E-state index is 0.115. The fraction of sp³-hybridized carbons (Fsp3) is 0.500. The average molecular weight is 313 g/mol. The third-order valence-electron chi connectivity index (χ3n) is 2.82. The van der Waals surface area contributed by atoms with Crippen molar-refractivity contribution in [1.82, 2.24) is 10.6 Å². The summed E-state index contributed by atoms with van der Waals surface area (Å²) >= 11 is 3.50. The third kappa shape index (κ3) is 5.65. The zero-order chi connectivity index (χ0) is 13.4. The van der Waals surface area contributed by atoms with Gasteiger partial charge in [-0.2, -0.15) is 0 Å². The number of nitrogens with one attached hydrogen (secondary N) is 2. The van der Waals surface area contributed by atoms with Gasteiger partial charge < -0.3 is 10.6 Å². The maximum atomic E-state index is 11.5. The number of benzene rings is 1. The lowest BCUT2D eigenvalue weighted by molar-refractivity contribution is -0.121. The van der Waals surface area contributed by atoms with Gasteiger partial charge in [0.2, 0.25) is 5.91 Å². The van der Waals surface area contributed by atoms with Crippen molar-refractivity contribution in [3.8, 4) is 0 Å². The Morgan fingerprint density at radius 1 is 1.39 bits per heavy atom. The molecule has 0 saturated carbocycles. The summed E-state index contributed by atoms with van der Waals surface area (Å²) in [6.45, 7) is 5.56. The first-order chi connectivity index (χ1) is 8.63. The molecule has 0 aliphatic rings. The quantitative estimate of drug-likeness (QED) is 0.760. The van der Waals surface area contributed by atoms with Crippen LogP contribution in [0, 0.1) is 0 Å². The van der Waals surface area contributed by atoms with Crippen LogP contribution in [0.1, 0.15) is 32.3 Å². The van der Waals surface area contributed by atoms with Crippen LogP contribution in [0.15, 0.2) is 28.7 Å². The maximum absolute atomic E-state index is 11.5. The Hall–Kier alpha value is -0.870. The molecule has 1 atom stereocenters. The molecule has 3 nitrogen and oxygen atoms in total. The van der Waals surface area contributed by atoms with E-state index in [1.165, 1.54) is 5.56 Å². The van der Waals surface area contributed by atoms with Gasteiger partial charge in [0, 0.05) is 30.0 Å². The van der Waals surface area contributed by atoms with Gasteiger partial charge in [0.1, 0.15) is 0 Å². The van der Waals surface area contributed by atoms with Crippen molar-refractivity contribution in [1.29, 1.82) is 0 Å². The van der Waals surface area contributed by atoms with E-state index in [0.717, 1.165) is 17.4 Å². The number of carbonyl (C=O) groups excluding carboxylic acids is 1. The summed E-state index contributed by atoms with van der Waals surface area (Å²) in [6.07, 6.45) is 1.49. The molecule has 4 heteroatoms.